The Labute approximate surface area is 177 Å². The van der Waals surface area contributed by atoms with Gasteiger partial charge in [0.2, 0.25) is 5.95 Å². The van der Waals surface area contributed by atoms with Crippen LogP contribution in [0.3, 0.4) is 0 Å². The predicted octanol–water partition coefficient (Wildman–Crippen LogP) is 5.50. The number of aromatic nitrogens is 3. The Kier molecular flexibility index (Phi) is 7.87. The van der Waals surface area contributed by atoms with Gasteiger partial charge in [0.15, 0.2) is 0 Å². The third-order valence-electron chi connectivity index (χ3n) is 4.60. The van der Waals surface area contributed by atoms with Gasteiger partial charge in [-0.1, -0.05) is 31.4 Å². The van der Waals surface area contributed by atoms with Crippen LogP contribution in [0.5, 0.6) is 0 Å². The van der Waals surface area contributed by atoms with Crippen LogP contribution in [0.15, 0.2) is 36.5 Å². The van der Waals surface area contributed by atoms with E-state index in [0.29, 0.717) is 11.0 Å². The van der Waals surface area contributed by atoms with Gasteiger partial charge < -0.3 is 16.0 Å². The number of aryl methyl sites for hydroxylation is 1. The molecule has 0 aliphatic heterocycles. The smallest absolute Gasteiger partial charge is 0.224 e. The monoisotopic (exact) mass is 412 g/mol. The van der Waals surface area contributed by atoms with Crippen molar-refractivity contribution in [1.29, 1.82) is 0 Å². The van der Waals surface area contributed by atoms with E-state index in [-0.39, 0.29) is 0 Å². The van der Waals surface area contributed by atoms with Crippen LogP contribution in [-0.2, 0) is 0 Å². The van der Waals surface area contributed by atoms with Crippen molar-refractivity contribution in [2.75, 3.05) is 35.6 Å². The SMILES string of the molecule is CCCCCNc1nc(C)cc(NCCCNc2ccnc3cc(Cl)ccc23)n1. The molecule has 0 saturated carbocycles. The third kappa shape index (κ3) is 6.46. The summed E-state index contributed by atoms with van der Waals surface area (Å²) in [6, 6.07) is 9.75. The lowest BCUT2D eigenvalue weighted by molar-refractivity contribution is 0.740. The number of hydrogen-bond donors (Lipinski definition) is 3. The normalized spacial score (nSPS) is 10.9. The van der Waals surface area contributed by atoms with Gasteiger partial charge in [0.05, 0.1) is 5.52 Å². The second kappa shape index (κ2) is 10.8. The number of fused-ring (bicyclic) bond motifs is 1. The van der Waals surface area contributed by atoms with E-state index < -0.39 is 0 Å². The van der Waals surface area contributed by atoms with E-state index in [1.54, 1.807) is 6.20 Å². The van der Waals surface area contributed by atoms with Crippen molar-refractivity contribution in [3.05, 3.63) is 47.2 Å². The lowest BCUT2D eigenvalue weighted by Gasteiger charge is -2.11. The van der Waals surface area contributed by atoms with E-state index in [0.717, 1.165) is 60.6 Å². The van der Waals surface area contributed by atoms with E-state index in [1.165, 1.54) is 12.8 Å². The number of hydrogen-bond acceptors (Lipinski definition) is 6. The highest BCUT2D eigenvalue weighted by molar-refractivity contribution is 6.31. The Balaban J connectivity index is 1.47. The highest BCUT2D eigenvalue weighted by Crippen LogP contribution is 2.24. The zero-order valence-electron chi connectivity index (χ0n) is 17.1. The first-order valence-corrected chi connectivity index (χ1v) is 10.6. The molecule has 0 amide bonds. The molecule has 7 heteroatoms. The second-order valence-electron chi connectivity index (χ2n) is 7.08. The minimum absolute atomic E-state index is 0.698. The number of benzene rings is 1. The summed E-state index contributed by atoms with van der Waals surface area (Å²) in [6.45, 7) is 6.78. The van der Waals surface area contributed by atoms with Crippen molar-refractivity contribution < 1.29 is 0 Å². The van der Waals surface area contributed by atoms with E-state index in [2.05, 4.69) is 37.8 Å². The Bertz CT molecular complexity index is 930. The second-order valence-corrected chi connectivity index (χ2v) is 7.52. The van der Waals surface area contributed by atoms with Crippen molar-refractivity contribution in [2.24, 2.45) is 0 Å². The standard InChI is InChI=1S/C22H29ClN6/c1-3-4-5-10-27-22-28-16(2)14-21(29-22)26-12-6-11-24-19-9-13-25-20-15-17(23)7-8-18(19)20/h7-9,13-15H,3-6,10-12H2,1-2H3,(H,24,25)(H2,26,27,28,29). The van der Waals surface area contributed by atoms with Crippen molar-refractivity contribution in [3.8, 4) is 0 Å². The van der Waals surface area contributed by atoms with E-state index >= 15 is 0 Å². The molecule has 29 heavy (non-hydrogen) atoms. The Hall–Kier alpha value is -2.60. The zero-order valence-corrected chi connectivity index (χ0v) is 17.9. The van der Waals surface area contributed by atoms with Crippen LogP contribution >= 0.6 is 11.6 Å². The average Bonchev–Trinajstić information content (AvgIpc) is 2.70. The molecule has 0 bridgehead atoms. The number of unbranched alkanes of at least 4 members (excludes halogenated alkanes) is 2. The van der Waals surface area contributed by atoms with Crippen molar-refractivity contribution in [2.45, 2.75) is 39.5 Å². The van der Waals surface area contributed by atoms with Crippen LogP contribution in [0.4, 0.5) is 17.5 Å². The van der Waals surface area contributed by atoms with Gasteiger partial charge in [0, 0.05) is 53.7 Å². The van der Waals surface area contributed by atoms with Gasteiger partial charge in [0.1, 0.15) is 5.82 Å². The minimum atomic E-state index is 0.698. The predicted molar refractivity (Wildman–Crippen MR) is 123 cm³/mol. The summed E-state index contributed by atoms with van der Waals surface area (Å²) in [5.74, 6) is 1.56. The molecule has 0 atom stereocenters. The summed E-state index contributed by atoms with van der Waals surface area (Å²) in [6.07, 6.45) is 6.33. The van der Waals surface area contributed by atoms with Crippen LogP contribution in [0.25, 0.3) is 10.9 Å². The molecule has 3 N–H and O–H groups in total. The van der Waals surface area contributed by atoms with Gasteiger partial charge in [-0.2, -0.15) is 4.98 Å². The molecule has 0 aliphatic carbocycles. The first-order valence-electron chi connectivity index (χ1n) is 10.3. The zero-order chi connectivity index (χ0) is 20.5. The number of anilines is 3. The van der Waals surface area contributed by atoms with Gasteiger partial charge in [-0.15, -0.1) is 0 Å². The first-order chi connectivity index (χ1) is 14.2. The van der Waals surface area contributed by atoms with Crippen molar-refractivity contribution in [3.63, 3.8) is 0 Å². The minimum Gasteiger partial charge on any atom is -0.384 e. The maximum absolute atomic E-state index is 6.06. The Morgan fingerprint density at radius 1 is 0.897 bits per heavy atom. The maximum atomic E-state index is 6.06. The molecule has 2 heterocycles. The van der Waals surface area contributed by atoms with Gasteiger partial charge in [-0.3, -0.25) is 4.98 Å². The molecule has 0 spiro atoms. The molecular formula is C22H29ClN6. The highest BCUT2D eigenvalue weighted by atomic mass is 35.5. The third-order valence-corrected chi connectivity index (χ3v) is 4.83. The molecule has 3 rings (SSSR count). The summed E-state index contributed by atoms with van der Waals surface area (Å²) in [5.41, 5.74) is 2.93. The molecule has 0 unspecified atom stereocenters. The molecule has 154 valence electrons. The molecule has 0 radical (unpaired) electrons. The molecule has 2 aromatic heterocycles. The quantitative estimate of drug-likeness (QED) is 0.361. The maximum Gasteiger partial charge on any atom is 0.224 e. The summed E-state index contributed by atoms with van der Waals surface area (Å²) < 4.78 is 0. The van der Waals surface area contributed by atoms with Gasteiger partial charge in [-0.05, 0) is 44.0 Å². The van der Waals surface area contributed by atoms with Crippen LogP contribution in [0, 0.1) is 6.92 Å². The van der Waals surface area contributed by atoms with Gasteiger partial charge in [0.25, 0.3) is 0 Å². The van der Waals surface area contributed by atoms with Crippen molar-refractivity contribution in [1.82, 2.24) is 15.0 Å². The largest absolute Gasteiger partial charge is 0.384 e. The lowest BCUT2D eigenvalue weighted by Crippen LogP contribution is -2.12. The average molecular weight is 413 g/mol. The summed E-state index contributed by atoms with van der Waals surface area (Å²) in [5, 5.41) is 12.0. The topological polar surface area (TPSA) is 74.8 Å². The molecule has 0 fully saturated rings. The Morgan fingerprint density at radius 2 is 1.72 bits per heavy atom. The fraction of sp³-hybridized carbons (Fsp3) is 0.409. The molecule has 0 saturated heterocycles. The summed E-state index contributed by atoms with van der Waals surface area (Å²) in [7, 11) is 0. The van der Waals surface area contributed by atoms with E-state index in [4.69, 9.17) is 11.6 Å². The van der Waals surface area contributed by atoms with Gasteiger partial charge >= 0.3 is 0 Å². The molecule has 1 aromatic carbocycles. The summed E-state index contributed by atoms with van der Waals surface area (Å²) >= 11 is 6.06. The van der Waals surface area contributed by atoms with Crippen LogP contribution in [-0.4, -0.2) is 34.6 Å². The Morgan fingerprint density at radius 3 is 2.59 bits per heavy atom. The van der Waals surface area contributed by atoms with Crippen molar-refractivity contribution >= 4 is 40.0 Å². The number of nitrogens with zero attached hydrogens (tertiary/aromatic N) is 3. The van der Waals surface area contributed by atoms with Crippen LogP contribution < -0.4 is 16.0 Å². The van der Waals surface area contributed by atoms with E-state index in [1.807, 2.05) is 37.3 Å². The number of rotatable bonds is 11. The lowest BCUT2D eigenvalue weighted by atomic mass is 10.2. The molecular weight excluding hydrogens is 384 g/mol. The number of nitrogens with one attached hydrogen (secondary N) is 3. The van der Waals surface area contributed by atoms with Gasteiger partial charge in [-0.25, -0.2) is 4.98 Å². The molecule has 3 aromatic rings. The fourth-order valence-corrected chi connectivity index (χ4v) is 3.28. The molecule has 6 nitrogen and oxygen atoms in total. The van der Waals surface area contributed by atoms with E-state index in [9.17, 15) is 0 Å². The van der Waals surface area contributed by atoms with Crippen LogP contribution in [0.1, 0.15) is 38.3 Å². The summed E-state index contributed by atoms with van der Waals surface area (Å²) in [4.78, 5) is 13.4. The number of halogens is 1. The fourth-order valence-electron chi connectivity index (χ4n) is 3.12. The number of pyridine rings is 1. The first kappa shape index (κ1) is 21.1. The highest BCUT2D eigenvalue weighted by Gasteiger charge is 2.04. The van der Waals surface area contributed by atoms with Crippen LogP contribution in [0.2, 0.25) is 5.02 Å². The molecule has 0 aliphatic rings.